The molecule has 1 unspecified atom stereocenters. The molecule has 0 aromatic heterocycles. The summed E-state index contributed by atoms with van der Waals surface area (Å²) >= 11 is 3.45. The smallest absolute Gasteiger partial charge is 0.223 e. The SMILES string of the molecule is CC(C)N(Cc1ccc(Br)cc1)C(=O)CCC1CCNC1.Cl. The van der Waals surface area contributed by atoms with Gasteiger partial charge in [-0.25, -0.2) is 0 Å². The fraction of sp³-hybridized carbons (Fsp3) is 0.588. The highest BCUT2D eigenvalue weighted by atomic mass is 79.9. The highest BCUT2D eigenvalue weighted by Crippen LogP contribution is 2.18. The van der Waals surface area contributed by atoms with Crippen LogP contribution in [0.3, 0.4) is 0 Å². The summed E-state index contributed by atoms with van der Waals surface area (Å²) in [5.74, 6) is 0.954. The van der Waals surface area contributed by atoms with Crippen molar-refractivity contribution < 1.29 is 4.79 Å². The summed E-state index contributed by atoms with van der Waals surface area (Å²) in [6.07, 6.45) is 2.89. The Morgan fingerprint density at radius 2 is 2.05 bits per heavy atom. The number of hydrogen-bond donors (Lipinski definition) is 1. The third-order valence-electron chi connectivity index (χ3n) is 4.14. The number of halogens is 2. The number of benzene rings is 1. The largest absolute Gasteiger partial charge is 0.336 e. The van der Waals surface area contributed by atoms with E-state index < -0.39 is 0 Å². The van der Waals surface area contributed by atoms with E-state index in [2.05, 4.69) is 47.2 Å². The summed E-state index contributed by atoms with van der Waals surface area (Å²) in [4.78, 5) is 14.5. The van der Waals surface area contributed by atoms with Crippen LogP contribution in [0.25, 0.3) is 0 Å². The molecule has 1 aliphatic rings. The van der Waals surface area contributed by atoms with E-state index in [4.69, 9.17) is 0 Å². The molecule has 1 aliphatic heterocycles. The molecule has 1 saturated heterocycles. The van der Waals surface area contributed by atoms with Crippen LogP contribution in [0.1, 0.15) is 38.7 Å². The number of carbonyl (C=O) groups is 1. The molecule has 124 valence electrons. The molecule has 0 spiro atoms. The predicted octanol–water partition coefficient (Wildman–Crippen LogP) is 4.00. The molecular formula is C17H26BrClN2O. The van der Waals surface area contributed by atoms with Crippen molar-refractivity contribution >= 4 is 34.2 Å². The lowest BCUT2D eigenvalue weighted by atomic mass is 10.0. The van der Waals surface area contributed by atoms with Gasteiger partial charge in [-0.15, -0.1) is 12.4 Å². The van der Waals surface area contributed by atoms with Crippen LogP contribution < -0.4 is 5.32 Å². The van der Waals surface area contributed by atoms with Crippen molar-refractivity contribution in [2.24, 2.45) is 5.92 Å². The van der Waals surface area contributed by atoms with E-state index >= 15 is 0 Å². The summed E-state index contributed by atoms with van der Waals surface area (Å²) in [6, 6.07) is 8.45. The van der Waals surface area contributed by atoms with Gasteiger partial charge in [-0.3, -0.25) is 4.79 Å². The Morgan fingerprint density at radius 1 is 1.36 bits per heavy atom. The van der Waals surface area contributed by atoms with Crippen molar-refractivity contribution in [3.8, 4) is 0 Å². The van der Waals surface area contributed by atoms with Gasteiger partial charge in [-0.1, -0.05) is 28.1 Å². The number of nitrogens with one attached hydrogen (secondary N) is 1. The Labute approximate surface area is 148 Å². The van der Waals surface area contributed by atoms with Crippen molar-refractivity contribution in [1.29, 1.82) is 0 Å². The number of carbonyl (C=O) groups excluding carboxylic acids is 1. The van der Waals surface area contributed by atoms with Crippen molar-refractivity contribution in [1.82, 2.24) is 10.2 Å². The quantitative estimate of drug-likeness (QED) is 0.797. The van der Waals surface area contributed by atoms with Gasteiger partial charge in [0.2, 0.25) is 5.91 Å². The third kappa shape index (κ3) is 5.90. The van der Waals surface area contributed by atoms with Gasteiger partial charge < -0.3 is 10.2 Å². The summed E-state index contributed by atoms with van der Waals surface area (Å²) < 4.78 is 1.07. The average Bonchev–Trinajstić information content (AvgIpc) is 2.97. The Morgan fingerprint density at radius 3 is 2.59 bits per heavy atom. The highest BCUT2D eigenvalue weighted by Gasteiger charge is 2.20. The van der Waals surface area contributed by atoms with Gasteiger partial charge in [-0.2, -0.15) is 0 Å². The van der Waals surface area contributed by atoms with Crippen molar-refractivity contribution in [3.63, 3.8) is 0 Å². The lowest BCUT2D eigenvalue weighted by Crippen LogP contribution is -2.36. The van der Waals surface area contributed by atoms with Crippen LogP contribution in [0.5, 0.6) is 0 Å². The van der Waals surface area contributed by atoms with E-state index in [1.54, 1.807) is 0 Å². The molecule has 1 N–H and O–H groups in total. The van der Waals surface area contributed by atoms with Crippen LogP contribution >= 0.6 is 28.3 Å². The second-order valence-electron chi connectivity index (χ2n) is 6.14. The molecule has 0 radical (unpaired) electrons. The van der Waals surface area contributed by atoms with Gasteiger partial charge in [0, 0.05) is 23.5 Å². The molecule has 1 atom stereocenters. The molecule has 2 rings (SSSR count). The first kappa shape index (κ1) is 19.5. The molecule has 5 heteroatoms. The molecular weight excluding hydrogens is 364 g/mol. The van der Waals surface area contributed by atoms with Crippen molar-refractivity contribution in [2.45, 2.75) is 45.7 Å². The van der Waals surface area contributed by atoms with E-state index in [1.165, 1.54) is 12.0 Å². The number of nitrogens with zero attached hydrogens (tertiary/aromatic N) is 1. The fourth-order valence-electron chi connectivity index (χ4n) is 2.78. The zero-order chi connectivity index (χ0) is 15.2. The Hall–Kier alpha value is -0.580. The molecule has 1 aromatic carbocycles. The van der Waals surface area contributed by atoms with Gasteiger partial charge >= 0.3 is 0 Å². The van der Waals surface area contributed by atoms with Crippen LogP contribution in [-0.4, -0.2) is 29.9 Å². The maximum absolute atomic E-state index is 12.5. The van der Waals surface area contributed by atoms with E-state index in [1.807, 2.05) is 17.0 Å². The van der Waals surface area contributed by atoms with Gasteiger partial charge in [0.25, 0.3) is 0 Å². The van der Waals surface area contributed by atoms with Crippen LogP contribution in [0.2, 0.25) is 0 Å². The maximum Gasteiger partial charge on any atom is 0.223 e. The van der Waals surface area contributed by atoms with E-state index in [9.17, 15) is 4.79 Å². The number of amides is 1. The Balaban J connectivity index is 0.00000242. The Kier molecular flexibility index (Phi) is 8.44. The summed E-state index contributed by atoms with van der Waals surface area (Å²) in [5, 5.41) is 3.36. The molecule has 1 heterocycles. The van der Waals surface area contributed by atoms with Crippen molar-refractivity contribution in [2.75, 3.05) is 13.1 Å². The van der Waals surface area contributed by atoms with E-state index in [0.29, 0.717) is 18.9 Å². The van der Waals surface area contributed by atoms with Crippen LogP contribution in [0.4, 0.5) is 0 Å². The first-order chi connectivity index (χ1) is 10.1. The topological polar surface area (TPSA) is 32.3 Å². The van der Waals surface area contributed by atoms with Gasteiger partial charge in [0.1, 0.15) is 0 Å². The standard InChI is InChI=1S/C17H25BrN2O.ClH/c1-13(2)20(12-15-3-6-16(18)7-4-15)17(21)8-5-14-9-10-19-11-14;/h3-4,6-7,13-14,19H,5,8-12H2,1-2H3;1H. The average molecular weight is 390 g/mol. The van der Waals surface area contributed by atoms with Gasteiger partial charge in [-0.05, 0) is 63.4 Å². The van der Waals surface area contributed by atoms with Crippen molar-refractivity contribution in [3.05, 3.63) is 34.3 Å². The Bertz CT molecular complexity index is 458. The molecule has 1 fully saturated rings. The summed E-state index contributed by atoms with van der Waals surface area (Å²) in [7, 11) is 0. The number of rotatable bonds is 6. The molecule has 0 bridgehead atoms. The second-order valence-corrected chi connectivity index (χ2v) is 7.06. The first-order valence-electron chi connectivity index (χ1n) is 7.81. The number of hydrogen-bond acceptors (Lipinski definition) is 2. The molecule has 0 aliphatic carbocycles. The highest BCUT2D eigenvalue weighted by molar-refractivity contribution is 9.10. The zero-order valence-electron chi connectivity index (χ0n) is 13.3. The molecule has 1 amide bonds. The third-order valence-corrected chi connectivity index (χ3v) is 4.67. The summed E-state index contributed by atoms with van der Waals surface area (Å²) in [6.45, 7) is 7.06. The van der Waals surface area contributed by atoms with E-state index in [-0.39, 0.29) is 24.4 Å². The lowest BCUT2D eigenvalue weighted by molar-refractivity contribution is -0.133. The first-order valence-corrected chi connectivity index (χ1v) is 8.60. The minimum atomic E-state index is 0. The van der Waals surface area contributed by atoms with Gasteiger partial charge in [0.15, 0.2) is 0 Å². The maximum atomic E-state index is 12.5. The molecule has 0 saturated carbocycles. The second kappa shape index (κ2) is 9.53. The lowest BCUT2D eigenvalue weighted by Gasteiger charge is -2.27. The zero-order valence-corrected chi connectivity index (χ0v) is 15.8. The van der Waals surface area contributed by atoms with Crippen LogP contribution in [-0.2, 0) is 11.3 Å². The monoisotopic (exact) mass is 388 g/mol. The normalized spacial score (nSPS) is 17.4. The minimum absolute atomic E-state index is 0. The van der Waals surface area contributed by atoms with Crippen LogP contribution in [0, 0.1) is 5.92 Å². The predicted molar refractivity (Wildman–Crippen MR) is 97.3 cm³/mol. The minimum Gasteiger partial charge on any atom is -0.336 e. The molecule has 3 nitrogen and oxygen atoms in total. The van der Waals surface area contributed by atoms with Crippen LogP contribution in [0.15, 0.2) is 28.7 Å². The summed E-state index contributed by atoms with van der Waals surface area (Å²) in [5.41, 5.74) is 1.18. The van der Waals surface area contributed by atoms with E-state index in [0.717, 1.165) is 24.0 Å². The van der Waals surface area contributed by atoms with Gasteiger partial charge in [0.05, 0.1) is 0 Å². The fourth-order valence-corrected chi connectivity index (χ4v) is 3.04. The molecule has 22 heavy (non-hydrogen) atoms. The molecule has 1 aromatic rings.